The van der Waals surface area contributed by atoms with Crippen LogP contribution >= 0.6 is 0 Å². The smallest absolute Gasteiger partial charge is 0.0102 e. The molecule has 0 saturated heterocycles. The molecule has 0 aromatic rings. The minimum absolute atomic E-state index is 0.834. The molecule has 4 unspecified atom stereocenters. The van der Waals surface area contributed by atoms with Crippen molar-refractivity contribution < 1.29 is 0 Å². The minimum atomic E-state index is 0.834. The van der Waals surface area contributed by atoms with Gasteiger partial charge in [0.15, 0.2) is 0 Å². The summed E-state index contributed by atoms with van der Waals surface area (Å²) in [5.74, 6) is 2.82. The quantitative estimate of drug-likeness (QED) is 0.743. The predicted molar refractivity (Wildman–Crippen MR) is 70.5 cm³/mol. The Hall–Kier alpha value is -0.0400. The molecule has 0 bridgehead atoms. The van der Waals surface area contributed by atoms with Crippen LogP contribution in [0, 0.1) is 17.8 Å². The number of rotatable bonds is 5. The Labute approximate surface area is 101 Å². The molecule has 0 aliphatic heterocycles. The van der Waals surface area contributed by atoms with E-state index in [0.717, 1.165) is 29.8 Å². The van der Waals surface area contributed by atoms with Gasteiger partial charge in [0.25, 0.3) is 0 Å². The highest BCUT2D eigenvalue weighted by atomic mass is 15.0. The van der Waals surface area contributed by atoms with Gasteiger partial charge in [-0.2, -0.15) is 0 Å². The molecule has 1 N–H and O–H groups in total. The lowest BCUT2D eigenvalue weighted by Gasteiger charge is -2.35. The van der Waals surface area contributed by atoms with Gasteiger partial charge in [0.1, 0.15) is 0 Å². The molecule has 4 atom stereocenters. The molecular weight excluding hydrogens is 194 g/mol. The fourth-order valence-electron chi connectivity index (χ4n) is 3.58. The first-order valence-corrected chi connectivity index (χ1v) is 7.48. The van der Waals surface area contributed by atoms with E-state index in [0.29, 0.717) is 0 Å². The average Bonchev–Trinajstić information content (AvgIpc) is 2.97. The molecule has 2 fully saturated rings. The molecule has 94 valence electrons. The second kappa shape index (κ2) is 5.53. The molecule has 1 nitrogen and oxygen atoms in total. The molecule has 0 spiro atoms. The molecule has 2 saturated carbocycles. The van der Waals surface area contributed by atoms with Crippen LogP contribution in [0.25, 0.3) is 0 Å². The predicted octanol–water partition coefficient (Wildman–Crippen LogP) is 3.98. The lowest BCUT2D eigenvalue weighted by molar-refractivity contribution is 0.202. The number of nitrogens with one attached hydrogen (secondary N) is 1. The van der Waals surface area contributed by atoms with Crippen LogP contribution in [0.4, 0.5) is 0 Å². The topological polar surface area (TPSA) is 12.0 Å². The van der Waals surface area contributed by atoms with Crippen LogP contribution in [0.3, 0.4) is 0 Å². The molecule has 0 aromatic carbocycles. The van der Waals surface area contributed by atoms with Crippen molar-refractivity contribution in [1.29, 1.82) is 0 Å². The van der Waals surface area contributed by atoms with Gasteiger partial charge in [-0.05, 0) is 43.4 Å². The second-order valence-corrected chi connectivity index (χ2v) is 6.36. The fourth-order valence-corrected chi connectivity index (χ4v) is 3.58. The largest absolute Gasteiger partial charge is 0.311 e. The Kier molecular flexibility index (Phi) is 4.29. The summed E-state index contributed by atoms with van der Waals surface area (Å²) in [5, 5.41) is 3.96. The number of hydrogen-bond donors (Lipinski definition) is 1. The fraction of sp³-hybridized carbons (Fsp3) is 1.00. The molecular formula is C15H29N. The van der Waals surface area contributed by atoms with Crippen LogP contribution in [0.15, 0.2) is 0 Å². The highest BCUT2D eigenvalue weighted by molar-refractivity contribution is 4.96. The Morgan fingerprint density at radius 1 is 1.12 bits per heavy atom. The van der Waals surface area contributed by atoms with Crippen LogP contribution < -0.4 is 5.32 Å². The van der Waals surface area contributed by atoms with Gasteiger partial charge in [-0.25, -0.2) is 0 Å². The standard InChI is InChI=1S/C15H29N/c1-4-7-12-10-15(12)16-14-9-6-5-8-13(14)11(2)3/h11-16H,4-10H2,1-3H3. The van der Waals surface area contributed by atoms with Crippen molar-refractivity contribution in [3.05, 3.63) is 0 Å². The van der Waals surface area contributed by atoms with Crippen molar-refractivity contribution >= 4 is 0 Å². The first-order chi connectivity index (χ1) is 7.72. The maximum Gasteiger partial charge on any atom is 0.0102 e. The summed E-state index contributed by atoms with van der Waals surface area (Å²) < 4.78 is 0. The third-order valence-electron chi connectivity index (χ3n) is 4.69. The van der Waals surface area contributed by atoms with Crippen LogP contribution in [0.1, 0.15) is 65.7 Å². The molecule has 0 radical (unpaired) electrons. The zero-order valence-corrected chi connectivity index (χ0v) is 11.3. The van der Waals surface area contributed by atoms with Crippen molar-refractivity contribution in [3.63, 3.8) is 0 Å². The normalized spacial score (nSPS) is 39.0. The van der Waals surface area contributed by atoms with Crippen molar-refractivity contribution in [3.8, 4) is 0 Å². The summed E-state index contributed by atoms with van der Waals surface area (Å²) in [4.78, 5) is 0. The van der Waals surface area contributed by atoms with E-state index >= 15 is 0 Å². The van der Waals surface area contributed by atoms with Gasteiger partial charge in [0, 0.05) is 12.1 Å². The van der Waals surface area contributed by atoms with Gasteiger partial charge in [-0.15, -0.1) is 0 Å². The SMILES string of the molecule is CCCC1CC1NC1CCCCC1C(C)C. The van der Waals surface area contributed by atoms with Gasteiger partial charge < -0.3 is 5.32 Å². The summed E-state index contributed by atoms with van der Waals surface area (Å²) in [7, 11) is 0. The summed E-state index contributed by atoms with van der Waals surface area (Å²) >= 11 is 0. The average molecular weight is 223 g/mol. The Balaban J connectivity index is 1.79. The highest BCUT2D eigenvalue weighted by Crippen LogP contribution is 2.38. The Morgan fingerprint density at radius 3 is 2.56 bits per heavy atom. The zero-order valence-electron chi connectivity index (χ0n) is 11.3. The van der Waals surface area contributed by atoms with Gasteiger partial charge in [0.2, 0.25) is 0 Å². The lowest BCUT2D eigenvalue weighted by Crippen LogP contribution is -2.42. The van der Waals surface area contributed by atoms with E-state index in [1.807, 2.05) is 0 Å². The van der Waals surface area contributed by atoms with Gasteiger partial charge in [0.05, 0.1) is 0 Å². The second-order valence-electron chi connectivity index (χ2n) is 6.36. The third-order valence-corrected chi connectivity index (χ3v) is 4.69. The first kappa shape index (κ1) is 12.4. The van der Waals surface area contributed by atoms with E-state index < -0.39 is 0 Å². The molecule has 2 aliphatic carbocycles. The van der Waals surface area contributed by atoms with Crippen LogP contribution in [0.5, 0.6) is 0 Å². The molecule has 1 heteroatoms. The van der Waals surface area contributed by atoms with E-state index in [-0.39, 0.29) is 0 Å². The minimum Gasteiger partial charge on any atom is -0.311 e. The van der Waals surface area contributed by atoms with E-state index in [9.17, 15) is 0 Å². The van der Waals surface area contributed by atoms with Crippen molar-refractivity contribution in [2.24, 2.45) is 17.8 Å². The van der Waals surface area contributed by atoms with E-state index in [4.69, 9.17) is 0 Å². The van der Waals surface area contributed by atoms with Gasteiger partial charge in [-0.1, -0.05) is 40.0 Å². The molecule has 2 rings (SSSR count). The van der Waals surface area contributed by atoms with E-state index in [1.54, 1.807) is 0 Å². The molecule has 0 amide bonds. The van der Waals surface area contributed by atoms with Crippen molar-refractivity contribution in [1.82, 2.24) is 5.32 Å². The van der Waals surface area contributed by atoms with Gasteiger partial charge >= 0.3 is 0 Å². The molecule has 0 aromatic heterocycles. The van der Waals surface area contributed by atoms with Crippen molar-refractivity contribution in [2.45, 2.75) is 77.8 Å². The van der Waals surface area contributed by atoms with E-state index in [1.165, 1.54) is 44.9 Å². The summed E-state index contributed by atoms with van der Waals surface area (Å²) in [6.45, 7) is 7.12. The lowest BCUT2D eigenvalue weighted by atomic mass is 9.78. The Bertz CT molecular complexity index is 211. The summed E-state index contributed by atoms with van der Waals surface area (Å²) in [5.41, 5.74) is 0. The maximum absolute atomic E-state index is 3.96. The molecule has 2 aliphatic rings. The van der Waals surface area contributed by atoms with E-state index in [2.05, 4.69) is 26.1 Å². The zero-order chi connectivity index (χ0) is 11.5. The first-order valence-electron chi connectivity index (χ1n) is 7.48. The highest BCUT2D eigenvalue weighted by Gasteiger charge is 2.39. The molecule has 16 heavy (non-hydrogen) atoms. The van der Waals surface area contributed by atoms with Crippen molar-refractivity contribution in [2.75, 3.05) is 0 Å². The summed E-state index contributed by atoms with van der Waals surface area (Å²) in [6, 6.07) is 1.71. The van der Waals surface area contributed by atoms with Crippen LogP contribution in [-0.2, 0) is 0 Å². The van der Waals surface area contributed by atoms with Crippen LogP contribution in [-0.4, -0.2) is 12.1 Å². The Morgan fingerprint density at radius 2 is 1.88 bits per heavy atom. The third kappa shape index (κ3) is 3.00. The maximum atomic E-state index is 3.96. The van der Waals surface area contributed by atoms with Gasteiger partial charge in [-0.3, -0.25) is 0 Å². The van der Waals surface area contributed by atoms with Crippen LogP contribution in [0.2, 0.25) is 0 Å². The number of hydrogen-bond acceptors (Lipinski definition) is 1. The molecule has 0 heterocycles. The summed E-state index contributed by atoms with van der Waals surface area (Å²) in [6.07, 6.45) is 10.1. The monoisotopic (exact) mass is 223 g/mol.